The number of amides is 3. The largest absolute Gasteiger partial charge is 0.465 e. The van der Waals surface area contributed by atoms with Crippen LogP contribution in [-0.4, -0.2) is 162 Å². The first kappa shape index (κ1) is 52.3. The molecule has 7 aliphatic rings. The molecular formula is C60H68F2N12O6. The van der Waals surface area contributed by atoms with E-state index < -0.39 is 29.7 Å². The smallest absolute Gasteiger partial charge is 0.407 e. The minimum atomic E-state index is -0.874. The fourth-order valence-corrected chi connectivity index (χ4v) is 14.9. The van der Waals surface area contributed by atoms with Crippen molar-refractivity contribution in [1.82, 2.24) is 54.3 Å². The van der Waals surface area contributed by atoms with Crippen molar-refractivity contribution in [3.05, 3.63) is 88.0 Å². The number of imide groups is 1. The Labute approximate surface area is 462 Å². The van der Waals surface area contributed by atoms with Gasteiger partial charge in [0.15, 0.2) is 5.82 Å². The Morgan fingerprint density at radius 1 is 0.900 bits per heavy atom. The number of fused-ring (bicyclic) bond motifs is 6. The molecule has 2 bridgehead atoms. The Bertz CT molecular complexity index is 3540. The summed E-state index contributed by atoms with van der Waals surface area (Å²) in [6, 6.07) is 14.2. The van der Waals surface area contributed by atoms with E-state index in [2.05, 4.69) is 41.1 Å². The van der Waals surface area contributed by atoms with E-state index in [1.807, 2.05) is 24.3 Å². The van der Waals surface area contributed by atoms with Gasteiger partial charge in [-0.05, 0) is 132 Å². The number of piperidine rings is 2. The number of nitrogens with zero attached hydrogens (tertiary/aromatic N) is 10. The van der Waals surface area contributed by atoms with Crippen molar-refractivity contribution >= 4 is 56.4 Å². The average molecular weight is 1090 g/mol. The van der Waals surface area contributed by atoms with Crippen molar-refractivity contribution in [1.29, 1.82) is 0 Å². The molecule has 3 N–H and O–H groups in total. The first-order valence-electron chi connectivity index (χ1n) is 28.7. The van der Waals surface area contributed by atoms with Gasteiger partial charge < -0.3 is 25.0 Å². The van der Waals surface area contributed by atoms with Crippen LogP contribution in [0.2, 0.25) is 0 Å². The predicted molar refractivity (Wildman–Crippen MR) is 298 cm³/mol. The number of hydrogen-bond acceptors (Lipinski definition) is 13. The molecule has 80 heavy (non-hydrogen) atoms. The maximum atomic E-state index is 17.3. The molecule has 10 heterocycles. The van der Waals surface area contributed by atoms with Crippen LogP contribution in [0.5, 0.6) is 6.01 Å². The number of ether oxygens (including phenoxy) is 1. The number of hydrogen-bond donors (Lipinski definition) is 3. The quantitative estimate of drug-likeness (QED) is 0.0851. The number of carbonyl (C=O) groups is 3. The first-order valence-corrected chi connectivity index (χ1v) is 28.7. The molecule has 0 spiro atoms. The molecule has 0 radical (unpaired) electrons. The molecule has 0 aliphatic carbocycles. The van der Waals surface area contributed by atoms with Crippen molar-refractivity contribution in [2.24, 2.45) is 13.0 Å². The Hall–Kier alpha value is -7.05. The Kier molecular flexibility index (Phi) is 13.8. The number of pyridine rings is 1. The standard InChI is InChI=1S/C60H68F2N12O6/c1-3-43-46(61)12-9-38-6-4-7-44(51(38)43)53-52(62)54-45(30-63-53)55(71-32-39-10-11-40(33-71)64-39)67-57(66-54)80-35-60-20-5-22-73(60)41(16-21-60)29-42-34-70(26-27-72(42)59(78)79)25-19-36-17-23-69(24-18-36)31-37-8-13-47-49(28-37)68(2)58(77)74(47)48-14-15-50(75)65-56(48)76/h1,4,6-9,12-13,28,30,36,39-42,48,64H,5,10-11,14-27,29,31-35H2,2H3,(H,78,79)(H,65,75,76)/t39?,40?,41-,42?,48?,60-/m0/s1. The van der Waals surface area contributed by atoms with Gasteiger partial charge in [0, 0.05) is 94.1 Å². The zero-order chi connectivity index (χ0) is 55.0. The van der Waals surface area contributed by atoms with Crippen molar-refractivity contribution in [2.45, 2.75) is 119 Å². The third-order valence-electron chi connectivity index (χ3n) is 19.1. The molecule has 6 atom stereocenters. The fraction of sp³-hybridized carbons (Fsp3) is 0.517. The number of carboxylic acid groups (broad SMARTS) is 1. The Morgan fingerprint density at radius 3 is 2.51 bits per heavy atom. The Morgan fingerprint density at radius 2 is 1.73 bits per heavy atom. The molecule has 418 valence electrons. The summed E-state index contributed by atoms with van der Waals surface area (Å²) in [6.45, 7) is 8.05. The predicted octanol–water partition coefficient (Wildman–Crippen LogP) is 6.41. The topological polar surface area (TPSA) is 187 Å². The summed E-state index contributed by atoms with van der Waals surface area (Å²) in [5, 5.41) is 18.1. The van der Waals surface area contributed by atoms with Crippen molar-refractivity contribution < 1.29 is 33.0 Å². The number of carbonyl (C=O) groups excluding carboxylic acids is 2. The molecule has 3 amide bonds. The van der Waals surface area contributed by atoms with Crippen LogP contribution in [0.15, 0.2) is 59.5 Å². The van der Waals surface area contributed by atoms with Gasteiger partial charge in [0.25, 0.3) is 0 Å². The molecule has 7 aliphatic heterocycles. The van der Waals surface area contributed by atoms with Gasteiger partial charge >= 0.3 is 17.8 Å². The molecular weight excluding hydrogens is 1020 g/mol. The molecule has 7 fully saturated rings. The molecule has 18 nitrogen and oxygen atoms in total. The molecule has 3 aromatic heterocycles. The van der Waals surface area contributed by atoms with Crippen molar-refractivity contribution in [3.63, 3.8) is 0 Å². The number of rotatable bonds is 13. The van der Waals surface area contributed by atoms with E-state index in [1.54, 1.807) is 40.9 Å². The van der Waals surface area contributed by atoms with Crippen LogP contribution >= 0.6 is 0 Å². The normalized spacial score (nSPS) is 25.9. The zero-order valence-corrected chi connectivity index (χ0v) is 45.2. The highest BCUT2D eigenvalue weighted by Gasteiger charge is 2.51. The number of aromatic nitrogens is 5. The van der Waals surface area contributed by atoms with Gasteiger partial charge in [-0.2, -0.15) is 9.97 Å². The number of nitrogens with one attached hydrogen (secondary N) is 2. The third kappa shape index (κ3) is 9.52. The van der Waals surface area contributed by atoms with E-state index in [0.29, 0.717) is 84.7 Å². The zero-order valence-electron chi connectivity index (χ0n) is 45.2. The van der Waals surface area contributed by atoms with E-state index in [-0.39, 0.29) is 70.5 Å². The summed E-state index contributed by atoms with van der Waals surface area (Å²) in [4.78, 5) is 76.5. The molecule has 6 aromatic rings. The number of aryl methyl sites for hydroxylation is 1. The van der Waals surface area contributed by atoms with Crippen LogP contribution < -0.4 is 26.0 Å². The lowest BCUT2D eigenvalue weighted by atomic mass is 9.92. The molecule has 7 saturated heterocycles. The van der Waals surface area contributed by atoms with Gasteiger partial charge in [-0.15, -0.1) is 6.42 Å². The highest BCUT2D eigenvalue weighted by molar-refractivity contribution is 6.02. The monoisotopic (exact) mass is 1090 g/mol. The number of anilines is 1. The summed E-state index contributed by atoms with van der Waals surface area (Å²) >= 11 is 0. The summed E-state index contributed by atoms with van der Waals surface area (Å²) in [5.41, 5.74) is 2.49. The second-order valence-electron chi connectivity index (χ2n) is 23.7. The summed E-state index contributed by atoms with van der Waals surface area (Å²) in [7, 11) is 1.72. The van der Waals surface area contributed by atoms with Crippen molar-refractivity contribution in [2.75, 3.05) is 70.4 Å². The number of halogens is 2. The number of likely N-dealkylation sites (tertiary alicyclic amines) is 1. The summed E-state index contributed by atoms with van der Waals surface area (Å²) in [5.74, 6) is 1.63. The molecule has 20 heteroatoms. The van der Waals surface area contributed by atoms with Gasteiger partial charge in [0.2, 0.25) is 11.8 Å². The van der Waals surface area contributed by atoms with Crippen molar-refractivity contribution in [3.8, 4) is 29.6 Å². The van der Waals surface area contributed by atoms with E-state index >= 15 is 8.78 Å². The lowest BCUT2D eigenvalue weighted by molar-refractivity contribution is -0.135. The van der Waals surface area contributed by atoms with Crippen LogP contribution in [0.4, 0.5) is 19.4 Å². The van der Waals surface area contributed by atoms with E-state index in [9.17, 15) is 24.3 Å². The molecule has 13 rings (SSSR count). The van der Waals surface area contributed by atoms with Gasteiger partial charge in [0.1, 0.15) is 35.5 Å². The second kappa shape index (κ2) is 21.1. The summed E-state index contributed by atoms with van der Waals surface area (Å²) < 4.78 is 42.3. The highest BCUT2D eigenvalue weighted by atomic mass is 19.1. The van der Waals surface area contributed by atoms with Crippen LogP contribution in [0, 0.1) is 29.9 Å². The van der Waals surface area contributed by atoms with Gasteiger partial charge in [-0.3, -0.25) is 43.7 Å². The second-order valence-corrected chi connectivity index (χ2v) is 23.7. The molecule has 4 unspecified atom stereocenters. The van der Waals surface area contributed by atoms with Gasteiger partial charge in [0.05, 0.1) is 27.5 Å². The maximum Gasteiger partial charge on any atom is 0.407 e. The lowest BCUT2D eigenvalue weighted by Crippen LogP contribution is -2.57. The number of terminal acetylenes is 1. The average Bonchev–Trinajstić information content (AvgIpc) is 4.22. The summed E-state index contributed by atoms with van der Waals surface area (Å²) in [6.07, 6.45) is 16.8. The van der Waals surface area contributed by atoms with E-state index in [4.69, 9.17) is 21.1 Å². The van der Waals surface area contributed by atoms with Crippen LogP contribution in [0.1, 0.15) is 94.2 Å². The van der Waals surface area contributed by atoms with Crippen LogP contribution in [0.25, 0.3) is 44.0 Å². The van der Waals surface area contributed by atoms with Crippen LogP contribution in [0.3, 0.4) is 0 Å². The first-order chi connectivity index (χ1) is 38.8. The fourth-order valence-electron chi connectivity index (χ4n) is 14.9. The lowest BCUT2D eigenvalue weighted by Gasteiger charge is -2.43. The number of benzene rings is 3. The maximum absolute atomic E-state index is 17.3. The Balaban J connectivity index is 0.663. The van der Waals surface area contributed by atoms with Crippen LogP contribution in [-0.2, 0) is 23.2 Å². The van der Waals surface area contributed by atoms with Gasteiger partial charge in [-0.25, -0.2) is 18.4 Å². The molecule has 3 aromatic carbocycles. The minimum absolute atomic E-state index is 0.0144. The number of piperazine rings is 2. The minimum Gasteiger partial charge on any atom is -0.465 e. The SMILES string of the molecule is C#Cc1c(F)ccc2cccc(-c3ncc4c(N5CC6CCC(C5)N6)nc(OC[C@@]56CCCN5[C@H](CC5CN(CCC7CCN(Cc8ccc9c(c8)n(C)c(=O)n9C8CCC(=O)NC8=O)CC7)CCN5C(=O)O)CC6)nc4c3F)c12. The number of imidazole rings is 1. The highest BCUT2D eigenvalue weighted by Crippen LogP contribution is 2.45. The van der Waals surface area contributed by atoms with E-state index in [0.717, 1.165) is 108 Å². The molecule has 0 saturated carbocycles. The van der Waals surface area contributed by atoms with E-state index in [1.165, 1.54) is 10.6 Å². The van der Waals surface area contributed by atoms with Gasteiger partial charge in [-0.1, -0.05) is 36.3 Å². The third-order valence-corrected chi connectivity index (χ3v) is 19.1.